The van der Waals surface area contributed by atoms with Crippen LogP contribution in [0.2, 0.25) is 0 Å². The van der Waals surface area contributed by atoms with E-state index >= 15 is 0 Å². The van der Waals surface area contributed by atoms with Crippen molar-refractivity contribution in [3.63, 3.8) is 0 Å². The van der Waals surface area contributed by atoms with Crippen LogP contribution in [-0.4, -0.2) is 0 Å². The largest absolute Gasteiger partial charge is 0.453 e. The Morgan fingerprint density at radius 3 is 1.93 bits per heavy atom. The van der Waals surface area contributed by atoms with Crippen molar-refractivity contribution in [1.82, 2.24) is 0 Å². The summed E-state index contributed by atoms with van der Waals surface area (Å²) in [5.74, 6) is -1.58. The number of rotatable bonds is 4. The highest BCUT2D eigenvalue weighted by Gasteiger charge is 2.20. The molecule has 0 atom stereocenters. The predicted molar refractivity (Wildman–Crippen MR) is 104 cm³/mol. The lowest BCUT2D eigenvalue weighted by atomic mass is 9.79. The fourth-order valence-electron chi connectivity index (χ4n) is 3.48. The molecule has 1 aliphatic rings. The van der Waals surface area contributed by atoms with Crippen LogP contribution >= 0.6 is 0 Å². The van der Waals surface area contributed by atoms with Crippen molar-refractivity contribution in [1.29, 1.82) is 0 Å². The zero-order valence-corrected chi connectivity index (χ0v) is 16.4. The van der Waals surface area contributed by atoms with Gasteiger partial charge in [0.2, 0.25) is 0 Å². The average molecular weight is 394 g/mol. The van der Waals surface area contributed by atoms with Crippen molar-refractivity contribution >= 4 is 0 Å². The van der Waals surface area contributed by atoms with Gasteiger partial charge in [-0.05, 0) is 53.5 Å². The first-order valence-corrected chi connectivity index (χ1v) is 9.71. The first-order valence-electron chi connectivity index (χ1n) is 9.71. The fraction of sp³-hybridized carbons (Fsp3) is 0.391. The summed E-state index contributed by atoms with van der Waals surface area (Å²) in [5.41, 5.74) is 2.24. The second-order valence-corrected chi connectivity index (χ2v) is 6.87. The first kappa shape index (κ1) is 22.0. The van der Waals surface area contributed by atoms with Crippen molar-refractivity contribution in [2.45, 2.75) is 52.4 Å². The second kappa shape index (κ2) is 10.3. The summed E-state index contributed by atoms with van der Waals surface area (Å²) in [6, 6.07) is 9.83. The topological polar surface area (TPSA) is 9.23 Å². The Morgan fingerprint density at radius 1 is 0.893 bits per heavy atom. The van der Waals surface area contributed by atoms with Crippen LogP contribution < -0.4 is 4.74 Å². The first-order chi connectivity index (χ1) is 13.4. The SMILES string of the molecule is CC.CC1CCC(c2ccc(-c3cc(F)c(OC=C(F)F)c(F)c3)cc2)CC1. The smallest absolute Gasteiger partial charge is 0.305 e. The summed E-state index contributed by atoms with van der Waals surface area (Å²) in [7, 11) is 0. The number of benzene rings is 2. The minimum absolute atomic E-state index is 0.0149. The van der Waals surface area contributed by atoms with Crippen LogP contribution in [0.5, 0.6) is 5.75 Å². The van der Waals surface area contributed by atoms with Crippen LogP contribution in [0, 0.1) is 17.6 Å². The molecule has 0 unspecified atom stereocenters. The molecule has 1 fully saturated rings. The molecule has 0 heterocycles. The lowest BCUT2D eigenvalue weighted by Crippen LogP contribution is -2.10. The molecule has 1 aliphatic carbocycles. The van der Waals surface area contributed by atoms with Gasteiger partial charge >= 0.3 is 6.08 Å². The standard InChI is InChI=1S/C21H20F4O.C2H6/c1-13-2-4-14(5-3-13)15-6-8-16(9-7-15)17-10-18(22)21(19(23)11-17)26-12-20(24)25;1-2/h6-14H,2-5H2,1H3;1-2H3. The van der Waals surface area contributed by atoms with E-state index in [1.54, 1.807) is 0 Å². The van der Waals surface area contributed by atoms with Crippen molar-refractivity contribution in [2.75, 3.05) is 0 Å². The van der Waals surface area contributed by atoms with E-state index in [1.807, 2.05) is 38.1 Å². The molecule has 5 heteroatoms. The van der Waals surface area contributed by atoms with E-state index in [4.69, 9.17) is 0 Å². The van der Waals surface area contributed by atoms with Crippen LogP contribution in [0.1, 0.15) is 57.9 Å². The van der Waals surface area contributed by atoms with Crippen LogP contribution in [-0.2, 0) is 0 Å². The van der Waals surface area contributed by atoms with Gasteiger partial charge in [-0.2, -0.15) is 8.78 Å². The van der Waals surface area contributed by atoms with Gasteiger partial charge in [-0.25, -0.2) is 8.78 Å². The number of hydrogen-bond donors (Lipinski definition) is 0. The highest BCUT2D eigenvalue weighted by atomic mass is 19.3. The lowest BCUT2D eigenvalue weighted by Gasteiger charge is -2.26. The molecule has 0 aromatic heterocycles. The van der Waals surface area contributed by atoms with E-state index in [9.17, 15) is 17.6 Å². The van der Waals surface area contributed by atoms with Gasteiger partial charge in [0.05, 0.1) is 0 Å². The summed E-state index contributed by atoms with van der Waals surface area (Å²) in [4.78, 5) is 0. The molecule has 0 N–H and O–H groups in total. The summed E-state index contributed by atoms with van der Waals surface area (Å²) in [6.45, 7) is 6.27. The minimum atomic E-state index is -2.17. The minimum Gasteiger partial charge on any atom is -0.453 e. The lowest BCUT2D eigenvalue weighted by molar-refractivity contribution is 0.344. The van der Waals surface area contributed by atoms with E-state index in [1.165, 1.54) is 18.4 Å². The monoisotopic (exact) mass is 394 g/mol. The van der Waals surface area contributed by atoms with E-state index in [-0.39, 0.29) is 6.26 Å². The molecule has 1 nitrogen and oxygen atoms in total. The zero-order chi connectivity index (χ0) is 20.7. The highest BCUT2D eigenvalue weighted by Crippen LogP contribution is 2.36. The van der Waals surface area contributed by atoms with Gasteiger partial charge in [0.1, 0.15) is 0 Å². The van der Waals surface area contributed by atoms with Crippen LogP contribution in [0.25, 0.3) is 11.1 Å². The fourth-order valence-corrected chi connectivity index (χ4v) is 3.48. The highest BCUT2D eigenvalue weighted by molar-refractivity contribution is 5.65. The van der Waals surface area contributed by atoms with Gasteiger partial charge in [-0.15, -0.1) is 0 Å². The molecule has 2 aromatic carbocycles. The molecule has 0 bridgehead atoms. The Hall–Kier alpha value is -2.30. The van der Waals surface area contributed by atoms with E-state index < -0.39 is 23.5 Å². The van der Waals surface area contributed by atoms with Gasteiger partial charge in [0, 0.05) is 0 Å². The number of ether oxygens (including phenoxy) is 1. The third-order valence-corrected chi connectivity index (χ3v) is 5.00. The van der Waals surface area contributed by atoms with Crippen LogP contribution in [0.3, 0.4) is 0 Å². The second-order valence-electron chi connectivity index (χ2n) is 6.87. The Morgan fingerprint density at radius 2 is 1.43 bits per heavy atom. The molecule has 2 aromatic rings. The maximum Gasteiger partial charge on any atom is 0.305 e. The number of hydrogen-bond acceptors (Lipinski definition) is 1. The Kier molecular flexibility index (Phi) is 8.09. The molecule has 0 aliphatic heterocycles. The van der Waals surface area contributed by atoms with E-state index in [0.29, 0.717) is 17.0 Å². The molecule has 3 rings (SSSR count). The maximum absolute atomic E-state index is 14.0. The summed E-state index contributed by atoms with van der Waals surface area (Å²) < 4.78 is 56.5. The van der Waals surface area contributed by atoms with Gasteiger partial charge in [-0.3, -0.25) is 0 Å². The molecular weight excluding hydrogens is 368 g/mol. The van der Waals surface area contributed by atoms with Crippen molar-refractivity contribution in [3.8, 4) is 16.9 Å². The Bertz CT molecular complexity index is 764. The molecular formula is C23H26F4O. The van der Waals surface area contributed by atoms with E-state index in [0.717, 1.165) is 30.9 Å². The zero-order valence-electron chi connectivity index (χ0n) is 16.4. The molecule has 0 amide bonds. The van der Waals surface area contributed by atoms with Crippen LogP contribution in [0.15, 0.2) is 48.7 Å². The Balaban J connectivity index is 0.00000136. The van der Waals surface area contributed by atoms with Crippen LogP contribution in [0.4, 0.5) is 17.6 Å². The maximum atomic E-state index is 14.0. The molecule has 0 spiro atoms. The third-order valence-electron chi connectivity index (χ3n) is 5.00. The molecule has 1 saturated carbocycles. The van der Waals surface area contributed by atoms with Crippen molar-refractivity contribution in [3.05, 3.63) is 65.9 Å². The normalized spacial score (nSPS) is 18.7. The molecule has 0 saturated heterocycles. The van der Waals surface area contributed by atoms with Crippen molar-refractivity contribution < 1.29 is 22.3 Å². The molecule has 28 heavy (non-hydrogen) atoms. The molecule has 0 radical (unpaired) electrons. The van der Waals surface area contributed by atoms with E-state index in [2.05, 4.69) is 11.7 Å². The van der Waals surface area contributed by atoms with Gasteiger partial charge < -0.3 is 4.74 Å². The van der Waals surface area contributed by atoms with Crippen molar-refractivity contribution in [2.24, 2.45) is 5.92 Å². The summed E-state index contributed by atoms with van der Waals surface area (Å²) in [5, 5.41) is 0. The summed E-state index contributed by atoms with van der Waals surface area (Å²) >= 11 is 0. The third kappa shape index (κ3) is 5.60. The van der Waals surface area contributed by atoms with Gasteiger partial charge in [-0.1, -0.05) is 57.9 Å². The number of halogens is 4. The summed E-state index contributed by atoms with van der Waals surface area (Å²) in [6.07, 6.45) is 2.61. The average Bonchev–Trinajstić information content (AvgIpc) is 2.69. The van der Waals surface area contributed by atoms with Gasteiger partial charge in [0.15, 0.2) is 23.6 Å². The predicted octanol–water partition coefficient (Wildman–Crippen LogP) is 8.07. The quantitative estimate of drug-likeness (QED) is 0.376. The Labute approximate surface area is 164 Å². The molecule has 152 valence electrons. The van der Waals surface area contributed by atoms with Gasteiger partial charge in [0.25, 0.3) is 0 Å².